The highest BCUT2D eigenvalue weighted by Gasteiger charge is 2.38. The van der Waals surface area contributed by atoms with Gasteiger partial charge in [-0.15, -0.1) is 9.24 Å². The Bertz CT molecular complexity index is 478. The predicted molar refractivity (Wildman–Crippen MR) is 84.4 cm³/mol. The molecule has 2 aromatic rings. The van der Waals surface area contributed by atoms with Crippen LogP contribution in [0.3, 0.4) is 0 Å². The molecule has 0 aromatic heterocycles. The van der Waals surface area contributed by atoms with Crippen molar-refractivity contribution in [3.63, 3.8) is 0 Å². The zero-order valence-electron chi connectivity index (χ0n) is 11.0. The Morgan fingerprint density at radius 1 is 0.895 bits per heavy atom. The molecule has 1 fully saturated rings. The molecule has 3 rings (SSSR count). The summed E-state index contributed by atoms with van der Waals surface area (Å²) in [5, 5.41) is 3.64. The van der Waals surface area contributed by atoms with E-state index in [0.717, 1.165) is 6.54 Å². The summed E-state index contributed by atoms with van der Waals surface area (Å²) < 4.78 is 0. The second kappa shape index (κ2) is 5.45. The summed E-state index contributed by atoms with van der Waals surface area (Å²) in [5.41, 5.74) is 2.73. The van der Waals surface area contributed by atoms with Crippen molar-refractivity contribution in [3.05, 3.63) is 71.8 Å². The van der Waals surface area contributed by atoms with Crippen LogP contribution in [-0.4, -0.2) is 12.6 Å². The lowest BCUT2D eigenvalue weighted by Gasteiger charge is -2.37. The Morgan fingerprint density at radius 3 is 1.84 bits per heavy atom. The van der Waals surface area contributed by atoms with E-state index in [4.69, 9.17) is 0 Å². The molecular formula is C17H20NP. The van der Waals surface area contributed by atoms with Crippen molar-refractivity contribution in [2.75, 3.05) is 6.54 Å². The van der Waals surface area contributed by atoms with Crippen molar-refractivity contribution in [2.24, 2.45) is 0 Å². The maximum absolute atomic E-state index is 3.67. The molecule has 2 unspecified atom stereocenters. The SMILES string of the molecule is PC(c1ccccc1)(c1ccccc1)C1CCCN1. The molecule has 98 valence electrons. The van der Waals surface area contributed by atoms with Gasteiger partial charge in [-0.1, -0.05) is 60.7 Å². The molecule has 0 spiro atoms. The number of hydrogen-bond acceptors (Lipinski definition) is 1. The van der Waals surface area contributed by atoms with Crippen LogP contribution in [0.2, 0.25) is 0 Å². The van der Waals surface area contributed by atoms with Gasteiger partial charge in [-0.3, -0.25) is 0 Å². The lowest BCUT2D eigenvalue weighted by molar-refractivity contribution is 0.502. The molecule has 1 nitrogen and oxygen atoms in total. The number of benzene rings is 2. The summed E-state index contributed by atoms with van der Waals surface area (Å²) in [7, 11) is 3.13. The first kappa shape index (κ1) is 12.8. The highest BCUT2D eigenvalue weighted by Crippen LogP contribution is 2.44. The molecule has 2 atom stereocenters. The first-order valence-electron chi connectivity index (χ1n) is 6.95. The fourth-order valence-electron chi connectivity index (χ4n) is 3.07. The van der Waals surface area contributed by atoms with Crippen molar-refractivity contribution < 1.29 is 0 Å². The fraction of sp³-hybridized carbons (Fsp3) is 0.294. The third-order valence-corrected chi connectivity index (χ3v) is 5.18. The van der Waals surface area contributed by atoms with Crippen LogP contribution in [0, 0.1) is 0 Å². The number of rotatable bonds is 3. The van der Waals surface area contributed by atoms with Crippen LogP contribution in [0.5, 0.6) is 0 Å². The van der Waals surface area contributed by atoms with Crippen molar-refractivity contribution >= 4 is 9.24 Å². The summed E-state index contributed by atoms with van der Waals surface area (Å²) in [6, 6.07) is 22.1. The Kier molecular flexibility index (Phi) is 3.68. The molecule has 1 aliphatic rings. The second-order valence-corrected chi connectivity index (χ2v) is 6.16. The largest absolute Gasteiger partial charge is 0.312 e. The minimum Gasteiger partial charge on any atom is -0.312 e. The smallest absolute Gasteiger partial charge is 0.0496 e. The summed E-state index contributed by atoms with van der Waals surface area (Å²) in [4.78, 5) is 0. The monoisotopic (exact) mass is 269 g/mol. The predicted octanol–water partition coefficient (Wildman–Crippen LogP) is 3.56. The van der Waals surface area contributed by atoms with Crippen LogP contribution < -0.4 is 5.32 Å². The molecule has 2 aromatic carbocycles. The maximum Gasteiger partial charge on any atom is 0.0496 e. The average Bonchev–Trinajstić information content (AvgIpc) is 3.03. The fourth-order valence-corrected chi connectivity index (χ4v) is 3.74. The lowest BCUT2D eigenvalue weighted by Crippen LogP contribution is -2.41. The van der Waals surface area contributed by atoms with Crippen LogP contribution in [-0.2, 0) is 5.16 Å². The molecule has 0 bridgehead atoms. The molecule has 0 aliphatic carbocycles. The molecule has 19 heavy (non-hydrogen) atoms. The van der Waals surface area contributed by atoms with Crippen LogP contribution in [0.4, 0.5) is 0 Å². The van der Waals surface area contributed by atoms with Gasteiger partial charge >= 0.3 is 0 Å². The zero-order chi connectivity index (χ0) is 13.1. The molecule has 1 N–H and O–H groups in total. The zero-order valence-corrected chi connectivity index (χ0v) is 12.2. The van der Waals surface area contributed by atoms with Crippen LogP contribution >= 0.6 is 9.24 Å². The highest BCUT2D eigenvalue weighted by molar-refractivity contribution is 7.19. The van der Waals surface area contributed by atoms with Crippen molar-refractivity contribution in [1.29, 1.82) is 0 Å². The Balaban J connectivity index is 2.10. The van der Waals surface area contributed by atoms with Crippen LogP contribution in [0.15, 0.2) is 60.7 Å². The molecule has 1 heterocycles. The van der Waals surface area contributed by atoms with Gasteiger partial charge < -0.3 is 5.32 Å². The highest BCUT2D eigenvalue weighted by atomic mass is 31.0. The van der Waals surface area contributed by atoms with E-state index in [1.165, 1.54) is 24.0 Å². The molecule has 2 heteroatoms. The summed E-state index contributed by atoms with van der Waals surface area (Å²) in [6.07, 6.45) is 2.49. The first-order chi connectivity index (χ1) is 9.32. The Morgan fingerprint density at radius 2 is 1.42 bits per heavy atom. The topological polar surface area (TPSA) is 12.0 Å². The van der Waals surface area contributed by atoms with Gasteiger partial charge in [-0.05, 0) is 30.5 Å². The number of hydrogen-bond donors (Lipinski definition) is 1. The van der Waals surface area contributed by atoms with Gasteiger partial charge in [-0.2, -0.15) is 0 Å². The maximum atomic E-state index is 3.67. The van der Waals surface area contributed by atoms with Crippen molar-refractivity contribution in [2.45, 2.75) is 24.0 Å². The van der Waals surface area contributed by atoms with Gasteiger partial charge in [-0.25, -0.2) is 0 Å². The van der Waals surface area contributed by atoms with E-state index in [-0.39, 0.29) is 5.16 Å². The van der Waals surface area contributed by atoms with Gasteiger partial charge in [0.1, 0.15) is 0 Å². The number of nitrogens with one attached hydrogen (secondary N) is 1. The molecule has 0 amide bonds. The molecule has 1 saturated heterocycles. The lowest BCUT2D eigenvalue weighted by atomic mass is 9.83. The minimum absolute atomic E-state index is 0.0287. The van der Waals surface area contributed by atoms with E-state index in [9.17, 15) is 0 Å². The normalized spacial score (nSPS) is 19.5. The summed E-state index contributed by atoms with van der Waals surface area (Å²) in [5.74, 6) is 0. The van der Waals surface area contributed by atoms with Gasteiger partial charge in [0.05, 0.1) is 0 Å². The van der Waals surface area contributed by atoms with E-state index in [1.54, 1.807) is 0 Å². The standard InChI is InChI=1S/C17H20NP/c19-17(16-12-7-13-18-16,14-8-3-1-4-9-14)15-10-5-2-6-11-15/h1-6,8-11,16,18H,7,12-13,19H2. The summed E-state index contributed by atoms with van der Waals surface area (Å²) >= 11 is 0. The summed E-state index contributed by atoms with van der Waals surface area (Å²) in [6.45, 7) is 1.13. The molecule has 1 aliphatic heterocycles. The third kappa shape index (κ3) is 2.33. The van der Waals surface area contributed by atoms with Gasteiger partial charge in [0.15, 0.2) is 0 Å². The van der Waals surface area contributed by atoms with E-state index in [0.29, 0.717) is 6.04 Å². The minimum atomic E-state index is -0.0287. The van der Waals surface area contributed by atoms with Gasteiger partial charge in [0, 0.05) is 11.2 Å². The second-order valence-electron chi connectivity index (χ2n) is 5.25. The van der Waals surface area contributed by atoms with E-state index >= 15 is 0 Å². The average molecular weight is 269 g/mol. The molecule has 0 saturated carbocycles. The Labute approximate surface area is 117 Å². The third-order valence-electron chi connectivity index (χ3n) is 4.11. The van der Waals surface area contributed by atoms with Crippen LogP contribution in [0.1, 0.15) is 24.0 Å². The molecular weight excluding hydrogens is 249 g/mol. The van der Waals surface area contributed by atoms with Crippen molar-refractivity contribution in [3.8, 4) is 0 Å². The first-order valence-corrected chi connectivity index (χ1v) is 7.53. The van der Waals surface area contributed by atoms with E-state index in [1.807, 2.05) is 0 Å². The molecule has 0 radical (unpaired) electrons. The van der Waals surface area contributed by atoms with Crippen molar-refractivity contribution in [1.82, 2.24) is 5.32 Å². The van der Waals surface area contributed by atoms with Gasteiger partial charge in [0.2, 0.25) is 0 Å². The van der Waals surface area contributed by atoms with E-state index < -0.39 is 0 Å². The van der Waals surface area contributed by atoms with Crippen LogP contribution in [0.25, 0.3) is 0 Å². The van der Waals surface area contributed by atoms with Gasteiger partial charge in [0.25, 0.3) is 0 Å². The Hall–Kier alpha value is -1.17. The quantitative estimate of drug-likeness (QED) is 0.840. The van der Waals surface area contributed by atoms with E-state index in [2.05, 4.69) is 75.2 Å².